The summed E-state index contributed by atoms with van der Waals surface area (Å²) < 4.78 is 5.28. The van der Waals surface area contributed by atoms with Gasteiger partial charge in [-0.15, -0.1) is 0 Å². The summed E-state index contributed by atoms with van der Waals surface area (Å²) in [6, 6.07) is 13.6. The van der Waals surface area contributed by atoms with Crippen molar-refractivity contribution in [1.29, 1.82) is 5.41 Å². The third-order valence-electron chi connectivity index (χ3n) is 4.29. The number of rotatable bonds is 3. The maximum Gasteiger partial charge on any atom is 0.197 e. The summed E-state index contributed by atoms with van der Waals surface area (Å²) in [5, 5.41) is 8.12. The van der Waals surface area contributed by atoms with E-state index in [2.05, 4.69) is 4.99 Å². The smallest absolute Gasteiger partial charge is 0.197 e. The lowest BCUT2D eigenvalue weighted by atomic mass is 9.91. The van der Waals surface area contributed by atoms with E-state index in [0.717, 1.165) is 22.7 Å². The highest BCUT2D eigenvalue weighted by molar-refractivity contribution is 6.00. The van der Waals surface area contributed by atoms with E-state index in [1.165, 1.54) is 0 Å². The van der Waals surface area contributed by atoms with Crippen molar-refractivity contribution in [3.8, 4) is 17.0 Å². The molecule has 6 nitrogen and oxygen atoms in total. The Bertz CT molecular complexity index is 817. The number of pyridine rings is 1. The van der Waals surface area contributed by atoms with Gasteiger partial charge in [-0.05, 0) is 31.2 Å². The van der Waals surface area contributed by atoms with Crippen molar-refractivity contribution in [1.82, 2.24) is 9.88 Å². The van der Waals surface area contributed by atoms with E-state index in [1.807, 2.05) is 49.4 Å². The van der Waals surface area contributed by atoms with Gasteiger partial charge in [-0.25, -0.2) is 4.99 Å². The number of hydrogen-bond acceptors (Lipinski definition) is 5. The number of ether oxygens (including phenoxy) is 1. The van der Waals surface area contributed by atoms with E-state index >= 15 is 0 Å². The molecule has 0 aliphatic carbocycles. The molecule has 1 atom stereocenters. The van der Waals surface area contributed by atoms with Crippen molar-refractivity contribution < 1.29 is 4.74 Å². The second-order valence-corrected chi connectivity index (χ2v) is 6.07. The monoisotopic (exact) mass is 323 g/mol. The highest BCUT2D eigenvalue weighted by Gasteiger charge is 2.35. The Labute approximate surface area is 141 Å². The molecule has 0 saturated heterocycles. The summed E-state index contributed by atoms with van der Waals surface area (Å²) in [6.07, 6.45) is 0.457. The molecule has 0 spiro atoms. The highest BCUT2D eigenvalue weighted by atomic mass is 16.5. The molecule has 24 heavy (non-hydrogen) atoms. The van der Waals surface area contributed by atoms with Crippen LogP contribution in [0.15, 0.2) is 47.5 Å². The molecule has 0 amide bonds. The van der Waals surface area contributed by atoms with Gasteiger partial charge in [0.2, 0.25) is 0 Å². The Kier molecular flexibility index (Phi) is 3.97. The van der Waals surface area contributed by atoms with E-state index < -0.39 is 5.54 Å². The minimum absolute atomic E-state index is 0.335. The van der Waals surface area contributed by atoms with Gasteiger partial charge in [0.1, 0.15) is 17.1 Å². The molecule has 0 radical (unpaired) electrons. The number of guanidine groups is 1. The van der Waals surface area contributed by atoms with Gasteiger partial charge in [-0.3, -0.25) is 10.4 Å². The predicted octanol–water partition coefficient (Wildman–Crippen LogP) is 2.60. The number of nitrogens with zero attached hydrogens (tertiary/aromatic N) is 3. The lowest BCUT2D eigenvalue weighted by Crippen LogP contribution is -2.47. The van der Waals surface area contributed by atoms with Crippen molar-refractivity contribution in [3.63, 3.8) is 0 Å². The van der Waals surface area contributed by atoms with Crippen molar-refractivity contribution in [3.05, 3.63) is 48.2 Å². The SMILES string of the molecule is COc1cccc(-c2cccc([C@]3(C)CC(=N)N(C)C(N)=N3)n2)c1. The van der Waals surface area contributed by atoms with Crippen LogP contribution < -0.4 is 10.5 Å². The fraction of sp³-hybridized carbons (Fsp3) is 0.278. The fourth-order valence-electron chi connectivity index (χ4n) is 2.78. The van der Waals surface area contributed by atoms with Crippen molar-refractivity contribution in [2.75, 3.05) is 14.2 Å². The Morgan fingerprint density at radius 2 is 2.00 bits per heavy atom. The third kappa shape index (κ3) is 2.82. The number of aromatic nitrogens is 1. The van der Waals surface area contributed by atoms with Crippen LogP contribution in [0, 0.1) is 5.41 Å². The van der Waals surface area contributed by atoms with Gasteiger partial charge < -0.3 is 15.4 Å². The molecule has 3 rings (SSSR count). The molecular weight excluding hydrogens is 302 g/mol. The molecule has 2 heterocycles. The van der Waals surface area contributed by atoms with Crippen molar-refractivity contribution >= 4 is 11.8 Å². The molecule has 0 fully saturated rings. The van der Waals surface area contributed by atoms with Crippen LogP contribution in [0.5, 0.6) is 5.75 Å². The first-order valence-electron chi connectivity index (χ1n) is 7.71. The predicted molar refractivity (Wildman–Crippen MR) is 95.3 cm³/mol. The van der Waals surface area contributed by atoms with Gasteiger partial charge >= 0.3 is 0 Å². The second kappa shape index (κ2) is 5.96. The minimum atomic E-state index is -0.636. The standard InChI is InChI=1S/C18H21N5O/c1-18(11-16(19)23(2)17(20)22-18)15-9-5-8-14(21-15)12-6-4-7-13(10-12)24-3/h4-10,19H,11H2,1-3H3,(H2,20,22)/t18-/m0/s1. The van der Waals surface area contributed by atoms with Crippen molar-refractivity contribution in [2.24, 2.45) is 10.7 Å². The average Bonchev–Trinajstić information content (AvgIpc) is 2.60. The number of amidine groups is 1. The Balaban J connectivity index is 2.03. The number of methoxy groups -OCH3 is 1. The molecule has 1 aliphatic heterocycles. The quantitative estimate of drug-likeness (QED) is 0.909. The summed E-state index contributed by atoms with van der Waals surface area (Å²) in [5.41, 5.74) is 7.93. The summed E-state index contributed by atoms with van der Waals surface area (Å²) in [6.45, 7) is 1.96. The molecule has 0 unspecified atom stereocenters. The van der Waals surface area contributed by atoms with Crippen LogP contribution >= 0.6 is 0 Å². The molecule has 1 aromatic heterocycles. The van der Waals surface area contributed by atoms with E-state index in [9.17, 15) is 0 Å². The second-order valence-electron chi connectivity index (χ2n) is 6.07. The summed E-state index contributed by atoms with van der Waals surface area (Å²) in [5.74, 6) is 1.55. The third-order valence-corrected chi connectivity index (χ3v) is 4.29. The first-order valence-corrected chi connectivity index (χ1v) is 7.71. The lowest BCUT2D eigenvalue weighted by molar-refractivity contribution is 0.415. The van der Waals surface area contributed by atoms with Crippen LogP contribution in [0.3, 0.4) is 0 Å². The topological polar surface area (TPSA) is 87.6 Å². The molecular formula is C18H21N5O. The highest BCUT2D eigenvalue weighted by Crippen LogP contribution is 2.33. The van der Waals surface area contributed by atoms with Gasteiger partial charge in [-0.1, -0.05) is 18.2 Å². The maximum atomic E-state index is 8.12. The zero-order valence-corrected chi connectivity index (χ0v) is 14.1. The number of nitrogens with one attached hydrogen (secondary N) is 1. The van der Waals surface area contributed by atoms with E-state index in [4.69, 9.17) is 20.9 Å². The fourth-order valence-corrected chi connectivity index (χ4v) is 2.78. The Morgan fingerprint density at radius 3 is 2.71 bits per heavy atom. The average molecular weight is 323 g/mol. The zero-order valence-electron chi connectivity index (χ0n) is 14.1. The first-order chi connectivity index (χ1) is 11.4. The number of hydrogen-bond donors (Lipinski definition) is 2. The maximum absolute atomic E-state index is 8.12. The van der Waals surface area contributed by atoms with Crippen molar-refractivity contribution in [2.45, 2.75) is 18.9 Å². The molecule has 124 valence electrons. The molecule has 0 bridgehead atoms. The van der Waals surface area contributed by atoms with Gasteiger partial charge in [-0.2, -0.15) is 0 Å². The van der Waals surface area contributed by atoms with Crippen LogP contribution in [0.25, 0.3) is 11.3 Å². The van der Waals surface area contributed by atoms with Crippen LogP contribution in [0.2, 0.25) is 0 Å². The summed E-state index contributed by atoms with van der Waals surface area (Å²) >= 11 is 0. The van der Waals surface area contributed by atoms with Gasteiger partial charge in [0.25, 0.3) is 0 Å². The van der Waals surface area contributed by atoms with Crippen LogP contribution in [0.1, 0.15) is 19.0 Å². The number of aliphatic imine (C=N–C) groups is 1. The summed E-state index contributed by atoms with van der Waals surface area (Å²) in [7, 11) is 3.40. The molecule has 0 saturated carbocycles. The Hall–Kier alpha value is -2.89. The number of benzene rings is 1. The summed E-state index contributed by atoms with van der Waals surface area (Å²) in [4.78, 5) is 10.9. The first kappa shape index (κ1) is 16.0. The minimum Gasteiger partial charge on any atom is -0.497 e. The van der Waals surface area contributed by atoms with Gasteiger partial charge in [0, 0.05) is 19.0 Å². The molecule has 2 aromatic rings. The van der Waals surface area contributed by atoms with Gasteiger partial charge in [0.15, 0.2) is 5.96 Å². The molecule has 1 aromatic carbocycles. The normalized spacial score (nSPS) is 20.7. The molecule has 3 N–H and O–H groups in total. The van der Waals surface area contributed by atoms with E-state index in [0.29, 0.717) is 18.2 Å². The molecule has 6 heteroatoms. The number of nitrogens with two attached hydrogens (primary N) is 1. The van der Waals surface area contributed by atoms with Gasteiger partial charge in [0.05, 0.1) is 18.5 Å². The Morgan fingerprint density at radius 1 is 1.25 bits per heavy atom. The van der Waals surface area contributed by atoms with E-state index in [1.54, 1.807) is 19.1 Å². The lowest BCUT2D eigenvalue weighted by Gasteiger charge is -2.34. The largest absolute Gasteiger partial charge is 0.497 e. The van der Waals surface area contributed by atoms with Crippen LogP contribution in [0.4, 0.5) is 0 Å². The van der Waals surface area contributed by atoms with Crippen LogP contribution in [-0.2, 0) is 5.54 Å². The van der Waals surface area contributed by atoms with Crippen LogP contribution in [-0.4, -0.2) is 35.8 Å². The zero-order chi connectivity index (χ0) is 17.3. The molecule has 1 aliphatic rings. The van der Waals surface area contributed by atoms with E-state index in [-0.39, 0.29) is 0 Å².